The molecule has 21 heavy (non-hydrogen) atoms. The third-order valence-electron chi connectivity index (χ3n) is 3.51. The minimum Gasteiger partial charge on any atom is -0.398 e. The van der Waals surface area contributed by atoms with Crippen LogP contribution in [-0.2, 0) is 10.0 Å². The summed E-state index contributed by atoms with van der Waals surface area (Å²) in [6.07, 6.45) is 0. The molecular formula is C16H20N2O2S. The molecule has 0 saturated carbocycles. The number of nitrogen functional groups attached to an aromatic ring is 1. The first-order valence-electron chi connectivity index (χ1n) is 6.82. The van der Waals surface area contributed by atoms with Crippen LogP contribution in [0, 0.1) is 13.8 Å². The Hall–Kier alpha value is -2.01. The maximum absolute atomic E-state index is 12.8. The predicted octanol–water partition coefficient (Wildman–Crippen LogP) is 3.10. The van der Waals surface area contributed by atoms with E-state index < -0.39 is 10.0 Å². The summed E-state index contributed by atoms with van der Waals surface area (Å²) in [4.78, 5) is 0.218. The third kappa shape index (κ3) is 2.88. The first-order chi connectivity index (χ1) is 9.87. The molecular weight excluding hydrogens is 284 g/mol. The number of rotatable bonds is 4. The SMILES string of the molecule is CCN(c1ccccc1C)S(=O)(=O)c1ccc(C)c(N)c1. The molecule has 2 N–H and O–H groups in total. The molecule has 0 aliphatic heterocycles. The number of sulfonamides is 1. The van der Waals surface area contributed by atoms with E-state index >= 15 is 0 Å². The zero-order valence-corrected chi connectivity index (χ0v) is 13.3. The highest BCUT2D eigenvalue weighted by atomic mass is 32.2. The Morgan fingerprint density at radius 3 is 2.29 bits per heavy atom. The van der Waals surface area contributed by atoms with E-state index in [1.54, 1.807) is 12.1 Å². The smallest absolute Gasteiger partial charge is 0.264 e. The van der Waals surface area contributed by atoms with Gasteiger partial charge in [-0.25, -0.2) is 8.42 Å². The van der Waals surface area contributed by atoms with Gasteiger partial charge in [0, 0.05) is 12.2 Å². The van der Waals surface area contributed by atoms with Crippen molar-refractivity contribution in [2.24, 2.45) is 0 Å². The Labute approximate surface area is 126 Å². The molecule has 0 unspecified atom stereocenters. The zero-order chi connectivity index (χ0) is 15.6. The van der Waals surface area contributed by atoms with E-state index in [-0.39, 0.29) is 4.90 Å². The van der Waals surface area contributed by atoms with Crippen molar-refractivity contribution in [1.29, 1.82) is 0 Å². The standard InChI is InChI=1S/C16H20N2O2S/c1-4-18(16-8-6-5-7-13(16)3)21(19,20)14-10-9-12(2)15(17)11-14/h5-11H,4,17H2,1-3H3. The van der Waals surface area contributed by atoms with Gasteiger partial charge in [-0.3, -0.25) is 4.31 Å². The minimum atomic E-state index is -3.61. The monoisotopic (exact) mass is 304 g/mol. The van der Waals surface area contributed by atoms with Crippen LogP contribution in [0.4, 0.5) is 11.4 Å². The lowest BCUT2D eigenvalue weighted by Crippen LogP contribution is -2.31. The molecule has 0 fully saturated rings. The molecule has 0 radical (unpaired) electrons. The number of para-hydroxylation sites is 1. The summed E-state index contributed by atoms with van der Waals surface area (Å²) in [6.45, 7) is 5.93. The highest BCUT2D eigenvalue weighted by Gasteiger charge is 2.24. The van der Waals surface area contributed by atoms with E-state index in [1.165, 1.54) is 10.4 Å². The number of nitrogens with zero attached hydrogens (tertiary/aromatic N) is 1. The van der Waals surface area contributed by atoms with Crippen LogP contribution >= 0.6 is 0 Å². The van der Waals surface area contributed by atoms with Gasteiger partial charge in [-0.05, 0) is 50.1 Å². The molecule has 5 heteroatoms. The number of hydrogen-bond donors (Lipinski definition) is 1. The highest BCUT2D eigenvalue weighted by molar-refractivity contribution is 7.92. The van der Waals surface area contributed by atoms with Crippen LogP contribution in [0.15, 0.2) is 47.4 Å². The molecule has 4 nitrogen and oxygen atoms in total. The van der Waals surface area contributed by atoms with E-state index in [4.69, 9.17) is 5.73 Å². The van der Waals surface area contributed by atoms with E-state index in [0.717, 1.165) is 11.1 Å². The van der Waals surface area contributed by atoms with E-state index in [9.17, 15) is 8.42 Å². The molecule has 0 spiro atoms. The van der Waals surface area contributed by atoms with Crippen molar-refractivity contribution in [2.45, 2.75) is 25.7 Å². The second-order valence-electron chi connectivity index (χ2n) is 4.97. The quantitative estimate of drug-likeness (QED) is 0.883. The average molecular weight is 304 g/mol. The van der Waals surface area contributed by atoms with Crippen molar-refractivity contribution in [2.75, 3.05) is 16.6 Å². The predicted molar refractivity (Wildman–Crippen MR) is 87.0 cm³/mol. The van der Waals surface area contributed by atoms with Gasteiger partial charge in [-0.2, -0.15) is 0 Å². The summed E-state index contributed by atoms with van der Waals surface area (Å²) in [5, 5.41) is 0. The minimum absolute atomic E-state index is 0.218. The first-order valence-corrected chi connectivity index (χ1v) is 8.26. The lowest BCUT2D eigenvalue weighted by atomic mass is 10.2. The fourth-order valence-electron chi connectivity index (χ4n) is 2.22. The van der Waals surface area contributed by atoms with Crippen LogP contribution < -0.4 is 10.0 Å². The summed E-state index contributed by atoms with van der Waals surface area (Å²) in [7, 11) is -3.61. The Balaban J connectivity index is 2.55. The third-order valence-corrected chi connectivity index (χ3v) is 5.39. The molecule has 0 amide bonds. The van der Waals surface area contributed by atoms with Crippen LogP contribution in [0.3, 0.4) is 0 Å². The Kier molecular flexibility index (Phi) is 4.23. The van der Waals surface area contributed by atoms with E-state index in [1.807, 2.05) is 45.0 Å². The Morgan fingerprint density at radius 2 is 1.71 bits per heavy atom. The van der Waals surface area contributed by atoms with Crippen LogP contribution in [0.2, 0.25) is 0 Å². The molecule has 0 atom stereocenters. The summed E-state index contributed by atoms with van der Waals surface area (Å²) in [5.41, 5.74) is 8.81. The van der Waals surface area contributed by atoms with Gasteiger partial charge >= 0.3 is 0 Å². The average Bonchev–Trinajstić information content (AvgIpc) is 2.44. The van der Waals surface area contributed by atoms with Crippen LogP contribution in [0.1, 0.15) is 18.1 Å². The first kappa shape index (κ1) is 15.4. The molecule has 0 aromatic heterocycles. The van der Waals surface area contributed by atoms with Crippen molar-refractivity contribution in [3.05, 3.63) is 53.6 Å². The largest absolute Gasteiger partial charge is 0.398 e. The summed E-state index contributed by atoms with van der Waals surface area (Å²) in [6, 6.07) is 12.3. The molecule has 0 aliphatic carbocycles. The summed E-state index contributed by atoms with van der Waals surface area (Å²) in [5.74, 6) is 0. The topological polar surface area (TPSA) is 63.4 Å². The number of benzene rings is 2. The van der Waals surface area contributed by atoms with Crippen LogP contribution in [-0.4, -0.2) is 15.0 Å². The number of hydrogen-bond acceptors (Lipinski definition) is 3. The van der Waals surface area contributed by atoms with Crippen molar-refractivity contribution >= 4 is 21.4 Å². The van der Waals surface area contributed by atoms with Gasteiger partial charge in [-0.1, -0.05) is 24.3 Å². The Bertz CT molecular complexity index is 755. The molecule has 0 heterocycles. The number of nitrogens with two attached hydrogens (primary N) is 1. The van der Waals surface area contributed by atoms with Crippen molar-refractivity contribution in [3.63, 3.8) is 0 Å². The van der Waals surface area contributed by atoms with Crippen molar-refractivity contribution in [3.8, 4) is 0 Å². The van der Waals surface area contributed by atoms with Gasteiger partial charge in [0.1, 0.15) is 0 Å². The van der Waals surface area contributed by atoms with Crippen molar-refractivity contribution < 1.29 is 8.42 Å². The molecule has 2 rings (SSSR count). The van der Waals surface area contributed by atoms with Gasteiger partial charge in [0.15, 0.2) is 0 Å². The zero-order valence-electron chi connectivity index (χ0n) is 12.5. The molecule has 112 valence electrons. The van der Waals surface area contributed by atoms with E-state index in [0.29, 0.717) is 17.9 Å². The molecule has 0 saturated heterocycles. The Morgan fingerprint density at radius 1 is 1.05 bits per heavy atom. The van der Waals surface area contributed by atoms with Gasteiger partial charge in [0.25, 0.3) is 10.0 Å². The number of aryl methyl sites for hydroxylation is 2. The van der Waals surface area contributed by atoms with Gasteiger partial charge in [-0.15, -0.1) is 0 Å². The maximum atomic E-state index is 12.8. The van der Waals surface area contributed by atoms with E-state index in [2.05, 4.69) is 0 Å². The summed E-state index contributed by atoms with van der Waals surface area (Å²) >= 11 is 0. The summed E-state index contributed by atoms with van der Waals surface area (Å²) < 4.78 is 27.1. The molecule has 2 aromatic rings. The van der Waals surface area contributed by atoms with Gasteiger partial charge in [0.2, 0.25) is 0 Å². The second-order valence-corrected chi connectivity index (χ2v) is 6.84. The molecule has 0 bridgehead atoms. The lowest BCUT2D eigenvalue weighted by Gasteiger charge is -2.24. The van der Waals surface area contributed by atoms with Crippen molar-refractivity contribution in [1.82, 2.24) is 0 Å². The second kappa shape index (κ2) is 5.77. The molecule has 0 aliphatic rings. The van der Waals surface area contributed by atoms with Crippen LogP contribution in [0.5, 0.6) is 0 Å². The lowest BCUT2D eigenvalue weighted by molar-refractivity contribution is 0.592. The molecule has 2 aromatic carbocycles. The van der Waals surface area contributed by atoms with Gasteiger partial charge < -0.3 is 5.73 Å². The number of anilines is 2. The highest BCUT2D eigenvalue weighted by Crippen LogP contribution is 2.27. The van der Waals surface area contributed by atoms with Crippen LogP contribution in [0.25, 0.3) is 0 Å². The van der Waals surface area contributed by atoms with Gasteiger partial charge in [0.05, 0.1) is 10.6 Å². The maximum Gasteiger partial charge on any atom is 0.264 e. The fourth-order valence-corrected chi connectivity index (χ4v) is 3.79. The normalized spacial score (nSPS) is 11.4. The fraction of sp³-hybridized carbons (Fsp3) is 0.250.